The zero-order chi connectivity index (χ0) is 19.4. The molecule has 0 aliphatic carbocycles. The quantitative estimate of drug-likeness (QED) is 0.149. The van der Waals surface area contributed by atoms with Gasteiger partial charge < -0.3 is 4.74 Å². The van der Waals surface area contributed by atoms with Crippen molar-refractivity contribution in [3.05, 3.63) is 42.0 Å². The summed E-state index contributed by atoms with van der Waals surface area (Å²) in [5, 5.41) is 0. The van der Waals surface area contributed by atoms with Crippen LogP contribution in [0.3, 0.4) is 0 Å². The normalized spacial score (nSPS) is 11.1. The van der Waals surface area contributed by atoms with Gasteiger partial charge in [0.1, 0.15) is 12.0 Å². The van der Waals surface area contributed by atoms with Crippen molar-refractivity contribution < 1.29 is 9.53 Å². The first kappa shape index (κ1) is 23.5. The summed E-state index contributed by atoms with van der Waals surface area (Å²) in [6.45, 7) is 3.04. The third-order valence-corrected chi connectivity index (χ3v) is 4.94. The molecule has 0 aliphatic rings. The minimum absolute atomic E-state index is 0.694. The Morgan fingerprint density at radius 3 is 1.78 bits per heavy atom. The molecule has 1 aromatic rings. The van der Waals surface area contributed by atoms with E-state index in [1.807, 2.05) is 12.1 Å². The number of ether oxygens (including phenoxy) is 1. The predicted octanol–water partition coefficient (Wildman–Crippen LogP) is 7.92. The van der Waals surface area contributed by atoms with Crippen molar-refractivity contribution in [3.63, 3.8) is 0 Å². The Bertz CT molecular complexity index is 476. The lowest BCUT2D eigenvalue weighted by atomic mass is 10.1. The van der Waals surface area contributed by atoms with Crippen molar-refractivity contribution in [2.24, 2.45) is 0 Å². The van der Waals surface area contributed by atoms with E-state index in [4.69, 9.17) is 4.74 Å². The number of hydrogen-bond donors (Lipinski definition) is 0. The number of rotatable bonds is 18. The number of hydrogen-bond acceptors (Lipinski definition) is 2. The minimum atomic E-state index is 0.694. The molecular weight excluding hydrogens is 332 g/mol. The van der Waals surface area contributed by atoms with E-state index in [2.05, 4.69) is 19.1 Å². The van der Waals surface area contributed by atoms with Gasteiger partial charge in [0.15, 0.2) is 0 Å². The molecule has 0 amide bonds. The van der Waals surface area contributed by atoms with Crippen LogP contribution in [0.5, 0.6) is 5.75 Å². The highest BCUT2D eigenvalue weighted by molar-refractivity contribution is 5.74. The van der Waals surface area contributed by atoms with Gasteiger partial charge in [-0.05, 0) is 56.4 Å². The maximum atomic E-state index is 10.6. The molecule has 0 aliphatic heterocycles. The molecule has 2 heteroatoms. The highest BCUT2D eigenvalue weighted by Crippen LogP contribution is 2.13. The number of allylic oxidation sites excluding steroid dienone is 2. The van der Waals surface area contributed by atoms with Crippen molar-refractivity contribution >= 4 is 6.29 Å². The highest BCUT2D eigenvalue weighted by Gasteiger charge is 1.96. The molecule has 1 aromatic carbocycles. The van der Waals surface area contributed by atoms with E-state index in [9.17, 15) is 4.79 Å². The van der Waals surface area contributed by atoms with Crippen LogP contribution in [0.15, 0.2) is 36.4 Å². The third kappa shape index (κ3) is 14.2. The smallest absolute Gasteiger partial charge is 0.150 e. The summed E-state index contributed by atoms with van der Waals surface area (Å²) in [5.74, 6) is 0.855. The van der Waals surface area contributed by atoms with E-state index in [1.54, 1.807) is 12.1 Å². The lowest BCUT2D eigenvalue weighted by Gasteiger charge is -2.06. The molecule has 0 spiro atoms. The van der Waals surface area contributed by atoms with Crippen molar-refractivity contribution in [1.82, 2.24) is 0 Å². The number of benzene rings is 1. The average Bonchev–Trinajstić information content (AvgIpc) is 2.70. The summed E-state index contributed by atoms with van der Waals surface area (Å²) in [6.07, 6.45) is 24.1. The number of carbonyl (C=O) groups excluding carboxylic acids is 1. The van der Waals surface area contributed by atoms with Gasteiger partial charge in [0, 0.05) is 5.56 Å². The van der Waals surface area contributed by atoms with Gasteiger partial charge >= 0.3 is 0 Å². The summed E-state index contributed by atoms with van der Waals surface area (Å²) in [5.41, 5.74) is 0.694. The monoisotopic (exact) mass is 372 g/mol. The molecule has 0 aromatic heterocycles. The Hall–Kier alpha value is -1.57. The van der Waals surface area contributed by atoms with Crippen LogP contribution >= 0.6 is 0 Å². The fourth-order valence-electron chi connectivity index (χ4n) is 3.18. The van der Waals surface area contributed by atoms with E-state index in [0.29, 0.717) is 5.56 Å². The lowest BCUT2D eigenvalue weighted by Crippen LogP contribution is -1.97. The third-order valence-electron chi connectivity index (χ3n) is 4.94. The van der Waals surface area contributed by atoms with Crippen LogP contribution in [0.2, 0.25) is 0 Å². The molecule has 0 radical (unpaired) electrons. The van der Waals surface area contributed by atoms with Gasteiger partial charge in [-0.1, -0.05) is 76.9 Å². The van der Waals surface area contributed by atoms with E-state index < -0.39 is 0 Å². The second-order valence-electron chi connectivity index (χ2n) is 7.47. The minimum Gasteiger partial charge on any atom is -0.494 e. The van der Waals surface area contributed by atoms with Crippen LogP contribution in [-0.4, -0.2) is 12.9 Å². The van der Waals surface area contributed by atoms with Crippen LogP contribution < -0.4 is 4.74 Å². The number of carbonyl (C=O) groups is 1. The Balaban J connectivity index is 1.80. The number of unbranched alkanes of at least 4 members (excludes halogenated alkanes) is 12. The van der Waals surface area contributed by atoms with E-state index in [1.165, 1.54) is 83.5 Å². The summed E-state index contributed by atoms with van der Waals surface area (Å²) in [6, 6.07) is 7.32. The van der Waals surface area contributed by atoms with Crippen LogP contribution in [0.1, 0.15) is 107 Å². The van der Waals surface area contributed by atoms with Crippen molar-refractivity contribution in [2.75, 3.05) is 6.61 Å². The molecule has 2 nitrogen and oxygen atoms in total. The summed E-state index contributed by atoms with van der Waals surface area (Å²) in [4.78, 5) is 10.6. The van der Waals surface area contributed by atoms with E-state index in [0.717, 1.165) is 25.1 Å². The molecule has 0 heterocycles. The first-order chi connectivity index (χ1) is 13.4. The fraction of sp³-hybridized carbons (Fsp3) is 0.640. The highest BCUT2D eigenvalue weighted by atomic mass is 16.5. The molecule has 0 bridgehead atoms. The molecule has 152 valence electrons. The topological polar surface area (TPSA) is 26.3 Å². The molecule has 0 atom stereocenters. The molecule has 0 saturated carbocycles. The molecule has 27 heavy (non-hydrogen) atoms. The van der Waals surface area contributed by atoms with Gasteiger partial charge in [-0.15, -0.1) is 0 Å². The SMILES string of the molecule is CCCCCCCCC=CCCCCCCCCOc1ccc(C=O)cc1. The van der Waals surface area contributed by atoms with Gasteiger partial charge in [0.25, 0.3) is 0 Å². The Morgan fingerprint density at radius 1 is 0.704 bits per heavy atom. The van der Waals surface area contributed by atoms with E-state index in [-0.39, 0.29) is 0 Å². The average molecular weight is 373 g/mol. The van der Waals surface area contributed by atoms with Gasteiger partial charge in [-0.3, -0.25) is 4.79 Å². The van der Waals surface area contributed by atoms with Crippen LogP contribution in [0, 0.1) is 0 Å². The Kier molecular flexibility index (Phi) is 15.5. The summed E-state index contributed by atoms with van der Waals surface area (Å²) < 4.78 is 5.70. The van der Waals surface area contributed by atoms with Crippen LogP contribution in [0.25, 0.3) is 0 Å². The van der Waals surface area contributed by atoms with Gasteiger partial charge in [0.2, 0.25) is 0 Å². The van der Waals surface area contributed by atoms with Crippen LogP contribution in [-0.2, 0) is 0 Å². The Labute approximate surface area is 167 Å². The largest absolute Gasteiger partial charge is 0.494 e. The van der Waals surface area contributed by atoms with Gasteiger partial charge in [0.05, 0.1) is 6.61 Å². The zero-order valence-electron chi connectivity index (χ0n) is 17.5. The maximum absolute atomic E-state index is 10.6. The summed E-state index contributed by atoms with van der Waals surface area (Å²) >= 11 is 0. The molecular formula is C25H40O2. The predicted molar refractivity (Wildman–Crippen MR) is 117 cm³/mol. The first-order valence-corrected chi connectivity index (χ1v) is 11.2. The zero-order valence-corrected chi connectivity index (χ0v) is 17.5. The second-order valence-corrected chi connectivity index (χ2v) is 7.47. The van der Waals surface area contributed by atoms with Gasteiger partial charge in [-0.25, -0.2) is 0 Å². The second kappa shape index (κ2) is 17.8. The van der Waals surface area contributed by atoms with Gasteiger partial charge in [-0.2, -0.15) is 0 Å². The lowest BCUT2D eigenvalue weighted by molar-refractivity contribution is 0.112. The summed E-state index contributed by atoms with van der Waals surface area (Å²) in [7, 11) is 0. The fourth-order valence-corrected chi connectivity index (χ4v) is 3.18. The van der Waals surface area contributed by atoms with Crippen LogP contribution in [0.4, 0.5) is 0 Å². The molecule has 0 saturated heterocycles. The van der Waals surface area contributed by atoms with Crippen molar-refractivity contribution in [2.45, 2.75) is 96.8 Å². The van der Waals surface area contributed by atoms with Crippen molar-refractivity contribution in [1.29, 1.82) is 0 Å². The molecule has 0 fully saturated rings. The molecule has 0 N–H and O–H groups in total. The van der Waals surface area contributed by atoms with E-state index >= 15 is 0 Å². The standard InChI is InChI=1S/C25H40O2/c1-2-3-4-5-6-7-8-9-10-11-12-13-14-15-16-17-22-27-25-20-18-24(23-26)19-21-25/h9-10,18-21,23H,2-8,11-17,22H2,1H3. The van der Waals surface area contributed by atoms with Crippen molar-refractivity contribution in [3.8, 4) is 5.75 Å². The Morgan fingerprint density at radius 2 is 1.22 bits per heavy atom. The maximum Gasteiger partial charge on any atom is 0.150 e. The molecule has 0 unspecified atom stereocenters. The molecule has 1 rings (SSSR count). The number of aldehydes is 1. The first-order valence-electron chi connectivity index (χ1n) is 11.2.